The summed E-state index contributed by atoms with van der Waals surface area (Å²) in [5, 5.41) is 11.8. The number of Topliss-reactive ketones (excluding diaryl/α,β-unsaturated/α-hetero) is 1. The third kappa shape index (κ3) is 4.15. The number of carbonyl (C=O) groups excluding carboxylic acids is 2. The van der Waals surface area contributed by atoms with E-state index in [1.165, 1.54) is 12.0 Å². The van der Waals surface area contributed by atoms with Crippen LogP contribution in [0.25, 0.3) is 5.76 Å². The first-order valence-corrected chi connectivity index (χ1v) is 10.7. The van der Waals surface area contributed by atoms with Crippen molar-refractivity contribution in [3.05, 3.63) is 69.2 Å². The van der Waals surface area contributed by atoms with Crippen molar-refractivity contribution >= 4 is 40.7 Å². The molecule has 0 aliphatic carbocycles. The van der Waals surface area contributed by atoms with Crippen LogP contribution in [-0.2, 0) is 14.3 Å². The maximum Gasteiger partial charge on any atom is 0.295 e. The number of hydrogen-bond acceptors (Lipinski definition) is 5. The smallest absolute Gasteiger partial charge is 0.295 e. The number of amides is 1. The van der Waals surface area contributed by atoms with Gasteiger partial charge < -0.3 is 19.5 Å². The first kappa shape index (κ1) is 21.7. The van der Waals surface area contributed by atoms with Gasteiger partial charge in [0.1, 0.15) is 11.5 Å². The van der Waals surface area contributed by atoms with Crippen molar-refractivity contribution < 1.29 is 24.2 Å². The van der Waals surface area contributed by atoms with Crippen molar-refractivity contribution in [2.45, 2.75) is 25.0 Å². The molecule has 2 saturated heterocycles. The van der Waals surface area contributed by atoms with Gasteiger partial charge in [-0.05, 0) is 54.8 Å². The van der Waals surface area contributed by atoms with Crippen molar-refractivity contribution in [1.29, 1.82) is 0 Å². The summed E-state index contributed by atoms with van der Waals surface area (Å²) in [7, 11) is 1.54. The van der Waals surface area contributed by atoms with Crippen LogP contribution in [0.2, 0.25) is 10.0 Å². The molecule has 2 atom stereocenters. The van der Waals surface area contributed by atoms with Crippen LogP contribution in [0.1, 0.15) is 30.0 Å². The van der Waals surface area contributed by atoms with Gasteiger partial charge in [0.2, 0.25) is 0 Å². The van der Waals surface area contributed by atoms with Gasteiger partial charge >= 0.3 is 0 Å². The Labute approximate surface area is 190 Å². The van der Waals surface area contributed by atoms with Crippen LogP contribution in [-0.4, -0.2) is 48.1 Å². The number of benzene rings is 2. The molecule has 2 unspecified atom stereocenters. The minimum Gasteiger partial charge on any atom is -0.507 e. The molecule has 0 radical (unpaired) electrons. The largest absolute Gasteiger partial charge is 0.507 e. The topological polar surface area (TPSA) is 76.1 Å². The fourth-order valence-electron chi connectivity index (χ4n) is 4.03. The molecule has 2 aliphatic rings. The Hall–Kier alpha value is -2.54. The molecule has 0 spiro atoms. The fraction of sp³-hybridized carbons (Fsp3) is 0.304. The van der Waals surface area contributed by atoms with E-state index in [-0.39, 0.29) is 24.0 Å². The van der Waals surface area contributed by atoms with Crippen LogP contribution >= 0.6 is 23.2 Å². The number of rotatable bonds is 5. The van der Waals surface area contributed by atoms with E-state index in [2.05, 4.69) is 0 Å². The van der Waals surface area contributed by atoms with E-state index in [0.717, 1.165) is 12.8 Å². The average molecular weight is 462 g/mol. The molecule has 2 aliphatic heterocycles. The minimum absolute atomic E-state index is 0.0163. The SMILES string of the molecule is COc1ccc(/C(O)=C2/C(=O)C(=O)N(CC3CCCO3)C2c2ccc(Cl)cc2Cl)cc1. The number of aliphatic hydroxyl groups excluding tert-OH is 1. The Morgan fingerprint density at radius 3 is 2.55 bits per heavy atom. The maximum absolute atomic E-state index is 13.0. The summed E-state index contributed by atoms with van der Waals surface area (Å²) < 4.78 is 10.8. The van der Waals surface area contributed by atoms with Gasteiger partial charge in [0.15, 0.2) is 0 Å². The fourth-order valence-corrected chi connectivity index (χ4v) is 4.54. The summed E-state index contributed by atoms with van der Waals surface area (Å²) >= 11 is 12.5. The number of ketones is 1. The van der Waals surface area contributed by atoms with Crippen LogP contribution in [0.15, 0.2) is 48.0 Å². The van der Waals surface area contributed by atoms with Gasteiger partial charge in [-0.3, -0.25) is 9.59 Å². The standard InChI is InChI=1S/C23H21Cl2NO5/c1-30-15-7-4-13(5-8-15)21(27)19-20(17-9-6-14(24)11-18(17)25)26(23(29)22(19)28)12-16-3-2-10-31-16/h4-9,11,16,20,27H,2-3,10,12H2,1H3/b21-19-. The molecule has 0 saturated carbocycles. The third-order valence-electron chi connectivity index (χ3n) is 5.58. The second-order valence-corrected chi connectivity index (χ2v) is 8.32. The normalized spacial score (nSPS) is 22.9. The molecule has 0 aromatic heterocycles. The Bertz CT molecular complexity index is 1040. The molecule has 1 N–H and O–H groups in total. The molecule has 2 fully saturated rings. The number of ether oxygens (including phenoxy) is 2. The lowest BCUT2D eigenvalue weighted by Gasteiger charge is -2.28. The van der Waals surface area contributed by atoms with Crippen molar-refractivity contribution in [1.82, 2.24) is 4.90 Å². The summed E-state index contributed by atoms with van der Waals surface area (Å²) in [6.45, 7) is 0.848. The molecule has 1 amide bonds. The number of carbonyl (C=O) groups is 2. The monoisotopic (exact) mass is 461 g/mol. The predicted octanol–water partition coefficient (Wildman–Crippen LogP) is 4.60. The van der Waals surface area contributed by atoms with Crippen LogP contribution < -0.4 is 4.74 Å². The highest BCUT2D eigenvalue weighted by molar-refractivity contribution is 6.47. The Kier molecular flexibility index (Phi) is 6.23. The van der Waals surface area contributed by atoms with Gasteiger partial charge in [0, 0.05) is 28.8 Å². The molecule has 2 aromatic rings. The molecule has 2 aromatic carbocycles. The van der Waals surface area contributed by atoms with E-state index < -0.39 is 17.7 Å². The van der Waals surface area contributed by atoms with E-state index in [1.807, 2.05) is 0 Å². The summed E-state index contributed by atoms with van der Waals surface area (Å²) in [6.07, 6.45) is 1.52. The Balaban J connectivity index is 1.84. The van der Waals surface area contributed by atoms with Crippen LogP contribution in [0.4, 0.5) is 0 Å². The highest BCUT2D eigenvalue weighted by Gasteiger charge is 2.47. The summed E-state index contributed by atoms with van der Waals surface area (Å²) in [5.41, 5.74) is 0.890. The zero-order valence-electron chi connectivity index (χ0n) is 16.8. The van der Waals surface area contributed by atoms with Crippen molar-refractivity contribution in [2.24, 2.45) is 0 Å². The molecular weight excluding hydrogens is 441 g/mol. The van der Waals surface area contributed by atoms with Crippen LogP contribution in [0, 0.1) is 0 Å². The van der Waals surface area contributed by atoms with Gasteiger partial charge in [0.05, 0.1) is 24.8 Å². The van der Waals surface area contributed by atoms with E-state index in [1.54, 1.807) is 42.5 Å². The second-order valence-electron chi connectivity index (χ2n) is 7.48. The van der Waals surface area contributed by atoms with Gasteiger partial charge in [0.25, 0.3) is 11.7 Å². The maximum atomic E-state index is 13.0. The van der Waals surface area contributed by atoms with E-state index in [4.69, 9.17) is 32.7 Å². The van der Waals surface area contributed by atoms with E-state index >= 15 is 0 Å². The van der Waals surface area contributed by atoms with Gasteiger partial charge in [-0.2, -0.15) is 0 Å². The van der Waals surface area contributed by atoms with Crippen molar-refractivity contribution in [2.75, 3.05) is 20.3 Å². The molecule has 0 bridgehead atoms. The third-order valence-corrected chi connectivity index (χ3v) is 6.15. The van der Waals surface area contributed by atoms with Gasteiger partial charge in [-0.1, -0.05) is 29.3 Å². The molecule has 8 heteroatoms. The zero-order chi connectivity index (χ0) is 22.1. The minimum atomic E-state index is -0.851. The lowest BCUT2D eigenvalue weighted by Crippen LogP contribution is -2.36. The summed E-state index contributed by atoms with van der Waals surface area (Å²) in [4.78, 5) is 27.5. The number of halogens is 2. The summed E-state index contributed by atoms with van der Waals surface area (Å²) in [5.74, 6) is -1.12. The highest BCUT2D eigenvalue weighted by Crippen LogP contribution is 2.43. The molecule has 162 valence electrons. The Morgan fingerprint density at radius 1 is 1.19 bits per heavy atom. The molecular formula is C23H21Cl2NO5. The van der Waals surface area contributed by atoms with E-state index in [0.29, 0.717) is 33.5 Å². The van der Waals surface area contributed by atoms with E-state index in [9.17, 15) is 14.7 Å². The van der Waals surface area contributed by atoms with Crippen LogP contribution in [0.3, 0.4) is 0 Å². The zero-order valence-corrected chi connectivity index (χ0v) is 18.3. The van der Waals surface area contributed by atoms with Crippen molar-refractivity contribution in [3.63, 3.8) is 0 Å². The predicted molar refractivity (Wildman–Crippen MR) is 117 cm³/mol. The highest BCUT2D eigenvalue weighted by atomic mass is 35.5. The number of aliphatic hydroxyl groups is 1. The first-order valence-electron chi connectivity index (χ1n) is 9.90. The first-order chi connectivity index (χ1) is 14.9. The molecule has 4 rings (SSSR count). The van der Waals surface area contributed by atoms with Gasteiger partial charge in [-0.15, -0.1) is 0 Å². The average Bonchev–Trinajstić information content (AvgIpc) is 3.36. The molecule has 2 heterocycles. The number of likely N-dealkylation sites (tertiary alicyclic amines) is 1. The Morgan fingerprint density at radius 2 is 1.94 bits per heavy atom. The lowest BCUT2D eigenvalue weighted by molar-refractivity contribution is -0.140. The number of hydrogen-bond donors (Lipinski definition) is 1. The number of methoxy groups -OCH3 is 1. The summed E-state index contributed by atoms with van der Waals surface area (Å²) in [6, 6.07) is 10.6. The number of nitrogens with zero attached hydrogens (tertiary/aromatic N) is 1. The van der Waals surface area contributed by atoms with Gasteiger partial charge in [-0.25, -0.2) is 0 Å². The van der Waals surface area contributed by atoms with Crippen molar-refractivity contribution in [3.8, 4) is 5.75 Å². The molecule has 31 heavy (non-hydrogen) atoms. The quantitative estimate of drug-likeness (QED) is 0.399. The lowest BCUT2D eigenvalue weighted by atomic mass is 9.95. The molecule has 6 nitrogen and oxygen atoms in total. The van der Waals surface area contributed by atoms with Crippen LogP contribution in [0.5, 0.6) is 5.75 Å². The second kappa shape index (κ2) is 8.91.